The van der Waals surface area contributed by atoms with Crippen molar-refractivity contribution in [2.75, 3.05) is 46.8 Å². The third-order valence-corrected chi connectivity index (χ3v) is 33.8. The van der Waals surface area contributed by atoms with Crippen LogP contribution >= 0.6 is 0 Å². The fourth-order valence-electron chi connectivity index (χ4n) is 24.6. The highest BCUT2D eigenvalue weighted by Gasteiger charge is 2.74. The fourth-order valence-corrected chi connectivity index (χ4v) is 24.6. The van der Waals surface area contributed by atoms with E-state index in [1.54, 1.807) is 34.6 Å². The van der Waals surface area contributed by atoms with E-state index in [0.29, 0.717) is 51.4 Å². The van der Waals surface area contributed by atoms with Crippen molar-refractivity contribution >= 4 is 30.2 Å². The summed E-state index contributed by atoms with van der Waals surface area (Å²) < 4.78 is 115. The predicted molar refractivity (Wildman–Crippen MR) is 466 cm³/mol. The zero-order valence-corrected chi connectivity index (χ0v) is 81.2. The standard InChI is InChI=1S/C94H152O45/c1-15-38(3)48(127-56(103)27-44(100)26-49(39(4)16-2)128-82-63(110)60(107)51(32-96)129-82)25-43(99)28-57(104)132-72-58(105)41(6)125-84(75(72)137-81-65(112)62(109)70(42(7)126-81)133-80-68(115)71(47(101)34-123-80)134-86-77(116)93(120,36-98)37-124-86)139-87(119)94-24-23-88(8,9)29-46(94)45-17-18-53-89(10)21-20-55(90(11,35-97)52(89)19-22-91(53,12)92(45,13)30-54(94)102)131-85-76(138-83-64(111)61(108)59(106)50(31-95)130-83)73(66(113)74(136-85)78(117)118)135-79-67(114)69(121-14)40(5)33-122-79/h17,35,38-44,46-55,58-77,79-86,95-96,98-102,105-116,120H,15-16,18-34,36-37H2,1-14H3,(H,117,118)/t38-,39-,40?,41?,42?,43-,44-,46?,47?,48-,49-,50?,51?,52?,53?,54+,55-,58?,59?,60?,61?,62?,63?,64?,65?,66?,67?,68?,69?,70?,71?,72?,73?,74?,75?,76?,77?,79?,80?,81?,82?,83?,84?,85?,86?,89-,90-,91+,92+,93?,94+/m0/s1. The minimum Gasteiger partial charge on any atom is -0.479 e. The molecule has 45 nitrogen and oxygen atoms in total. The second kappa shape index (κ2) is 44.7. The van der Waals surface area contributed by atoms with Crippen molar-refractivity contribution in [2.45, 2.75) is 431 Å². The number of hydrogen-bond acceptors (Lipinski definition) is 44. The zero-order valence-electron chi connectivity index (χ0n) is 81.2. The van der Waals surface area contributed by atoms with Crippen LogP contribution in [0.4, 0.5) is 0 Å². The maximum absolute atomic E-state index is 16.5. The van der Waals surface area contributed by atoms with Gasteiger partial charge in [-0.25, -0.2) is 4.79 Å². The van der Waals surface area contributed by atoms with Gasteiger partial charge in [-0.1, -0.05) is 101 Å². The van der Waals surface area contributed by atoms with Crippen LogP contribution in [-0.2, 0) is 114 Å². The van der Waals surface area contributed by atoms with E-state index < -0.39 is 377 Å². The van der Waals surface area contributed by atoms with Crippen LogP contribution in [0.3, 0.4) is 0 Å². The number of carboxylic acid groups (broad SMARTS) is 1. The third-order valence-electron chi connectivity index (χ3n) is 33.8. The number of aliphatic hydroxyl groups excluding tert-OH is 19. The third kappa shape index (κ3) is 21.8. The minimum atomic E-state index is -2.22. The first-order valence-corrected chi connectivity index (χ1v) is 49.0. The number of esters is 3. The van der Waals surface area contributed by atoms with Crippen molar-refractivity contribution < 1.29 is 221 Å². The smallest absolute Gasteiger partial charge is 0.335 e. The van der Waals surface area contributed by atoms with Crippen molar-refractivity contribution in [3.63, 3.8) is 0 Å². The second-order valence-electron chi connectivity index (χ2n) is 43.2. The number of carboxylic acids is 1. The van der Waals surface area contributed by atoms with Gasteiger partial charge >= 0.3 is 23.9 Å². The highest BCUT2D eigenvalue weighted by molar-refractivity contribution is 5.80. The Bertz CT molecular complexity index is 4120. The molecule has 5 aliphatic carbocycles. The van der Waals surface area contributed by atoms with E-state index in [1.807, 2.05) is 20.8 Å². The molecule has 0 aromatic carbocycles. The Hall–Kier alpha value is -4.15. The van der Waals surface area contributed by atoms with Gasteiger partial charge in [-0.05, 0) is 123 Å². The molecule has 8 aliphatic heterocycles. The van der Waals surface area contributed by atoms with E-state index >= 15 is 4.79 Å². The first-order valence-electron chi connectivity index (χ1n) is 49.0. The van der Waals surface area contributed by atoms with Crippen molar-refractivity contribution in [3.8, 4) is 0 Å². The molecule has 0 spiro atoms. The number of carbonyl (C=O) groups excluding carboxylic acids is 4. The van der Waals surface area contributed by atoms with E-state index in [2.05, 4.69) is 26.8 Å². The van der Waals surface area contributed by atoms with Crippen LogP contribution in [0.2, 0.25) is 0 Å². The second-order valence-corrected chi connectivity index (χ2v) is 43.2. The molecular weight excluding hydrogens is 1850 g/mol. The van der Waals surface area contributed by atoms with Gasteiger partial charge in [0, 0.05) is 25.9 Å². The van der Waals surface area contributed by atoms with Crippen LogP contribution in [-0.4, -0.2) is 429 Å². The molecule has 13 rings (SSSR count). The number of allylic oxidation sites excluding steroid dienone is 2. The number of aliphatic hydroxyl groups is 20. The quantitative estimate of drug-likeness (QED) is 0.00942. The summed E-state index contributed by atoms with van der Waals surface area (Å²) >= 11 is 0. The van der Waals surface area contributed by atoms with E-state index in [1.165, 1.54) is 21.0 Å². The Kier molecular flexibility index (Phi) is 36.0. The van der Waals surface area contributed by atoms with E-state index in [-0.39, 0.29) is 44.1 Å². The van der Waals surface area contributed by atoms with Crippen LogP contribution in [0.5, 0.6) is 0 Å². The number of ether oxygens (including phenoxy) is 19. The lowest BCUT2D eigenvalue weighted by atomic mass is 9.33. The van der Waals surface area contributed by atoms with Crippen LogP contribution in [0.15, 0.2) is 11.6 Å². The highest BCUT2D eigenvalue weighted by atomic mass is 16.8. The number of hydrogen-bond donors (Lipinski definition) is 21. The SMILES string of the molecule is CC[C@H](C)[C@H](C[C@H](O)CC(=O)OC1C(O)C(C)OC(OC(=O)[C@]23CCC(C)(C)CC2C2=CCC4[C@@]5(C)CC[C@H](OC6OC(C(=O)O)C(O)C(OC7OCC(C)C(OC)C7O)C6OC6OC(CO)C(O)C(O)C6O)[C@@](C)(C=O)C5CC[C@@]4(C)[C@]2(C)C[C@H]3O)C1OC1OC(C)C(OC2OCC(O)C(OC3OCC(O)(CO)C3O)C2O)C(O)C1O)OC(=O)C[C@@H](O)C[C@H](OC1OC(CO)C(O)C1O)[C@@H](C)CC. The van der Waals surface area contributed by atoms with Gasteiger partial charge in [0.1, 0.15) is 139 Å². The zero-order chi connectivity index (χ0) is 102. The Balaban J connectivity index is 0.764. The topological polar surface area (TPSA) is 686 Å². The van der Waals surface area contributed by atoms with Gasteiger partial charge < -0.3 is 202 Å². The molecule has 12 fully saturated rings. The Labute approximate surface area is 806 Å². The van der Waals surface area contributed by atoms with Crippen LogP contribution in [0.1, 0.15) is 186 Å². The molecule has 4 saturated carbocycles. The van der Waals surface area contributed by atoms with Gasteiger partial charge in [-0.15, -0.1) is 0 Å². The number of methoxy groups -OCH3 is 1. The molecule has 0 amide bonds. The average Bonchev–Trinajstić information content (AvgIpc) is 0.678. The van der Waals surface area contributed by atoms with Crippen molar-refractivity contribution in [1.82, 2.24) is 0 Å². The largest absolute Gasteiger partial charge is 0.479 e. The molecule has 0 aromatic rings. The van der Waals surface area contributed by atoms with Gasteiger partial charge in [0.15, 0.2) is 62.3 Å². The molecule has 38 unspecified atom stereocenters. The van der Waals surface area contributed by atoms with Gasteiger partial charge in [0.25, 0.3) is 0 Å². The highest BCUT2D eigenvalue weighted by Crippen LogP contribution is 2.76. The molecule has 8 saturated heterocycles. The molecule has 13 aliphatic rings. The number of fused-ring (bicyclic) bond motifs is 7. The number of rotatable bonds is 36. The average molecular weight is 2000 g/mol. The van der Waals surface area contributed by atoms with E-state index in [0.717, 1.165) is 11.9 Å². The first kappa shape index (κ1) is 112. The van der Waals surface area contributed by atoms with Crippen molar-refractivity contribution in [3.05, 3.63) is 11.6 Å². The molecule has 21 N–H and O–H groups in total. The summed E-state index contributed by atoms with van der Waals surface area (Å²) in [7, 11) is 1.35. The fraction of sp³-hybridized carbons (Fsp3) is 0.926. The molecular formula is C94H152O45. The van der Waals surface area contributed by atoms with E-state index in [9.17, 15) is 126 Å². The summed E-state index contributed by atoms with van der Waals surface area (Å²) in [6.45, 7) is 20.0. The van der Waals surface area contributed by atoms with Gasteiger partial charge in [-0.2, -0.15) is 0 Å². The van der Waals surface area contributed by atoms with Crippen molar-refractivity contribution in [1.29, 1.82) is 0 Å². The lowest BCUT2D eigenvalue weighted by Gasteiger charge is -2.71. The summed E-state index contributed by atoms with van der Waals surface area (Å²) in [5.41, 5.74) is -7.62. The number of aldehydes is 1. The summed E-state index contributed by atoms with van der Waals surface area (Å²) in [6.07, 6.45) is -62.5. The molecule has 139 heavy (non-hydrogen) atoms. The molecule has 0 aromatic heterocycles. The molecule has 0 bridgehead atoms. The lowest BCUT2D eigenvalue weighted by Crippen LogP contribution is -2.69. The number of carbonyl (C=O) groups is 5. The van der Waals surface area contributed by atoms with Gasteiger partial charge in [0.2, 0.25) is 6.29 Å². The van der Waals surface area contributed by atoms with Crippen LogP contribution in [0, 0.1) is 68.0 Å². The monoisotopic (exact) mass is 2000 g/mol. The van der Waals surface area contributed by atoms with Crippen molar-refractivity contribution in [2.24, 2.45) is 68.0 Å². The van der Waals surface area contributed by atoms with Gasteiger partial charge in [-0.3, -0.25) is 14.4 Å². The first-order chi connectivity index (χ1) is 65.3. The molecule has 0 radical (unpaired) electrons. The Morgan fingerprint density at radius 1 is 0.525 bits per heavy atom. The normalized spacial score (nSPS) is 48.5. The molecule has 51 atom stereocenters. The molecule has 798 valence electrons. The molecule has 45 heteroatoms. The summed E-state index contributed by atoms with van der Waals surface area (Å²) in [6, 6.07) is 0. The summed E-state index contributed by atoms with van der Waals surface area (Å²) in [5, 5.41) is 236. The van der Waals surface area contributed by atoms with E-state index in [4.69, 9.17) is 90.0 Å². The maximum Gasteiger partial charge on any atom is 0.335 e. The van der Waals surface area contributed by atoms with Crippen LogP contribution < -0.4 is 0 Å². The summed E-state index contributed by atoms with van der Waals surface area (Å²) in [4.78, 5) is 72.9. The van der Waals surface area contributed by atoms with Crippen LogP contribution in [0.25, 0.3) is 0 Å². The Morgan fingerprint density at radius 2 is 1.09 bits per heavy atom. The van der Waals surface area contributed by atoms with Gasteiger partial charge in [0.05, 0.1) is 107 Å². The lowest BCUT2D eigenvalue weighted by molar-refractivity contribution is -0.391. The minimum absolute atomic E-state index is 0.0126. The Morgan fingerprint density at radius 3 is 1.71 bits per heavy atom. The summed E-state index contributed by atoms with van der Waals surface area (Å²) in [5.74, 6) is -7.64. The predicted octanol–water partition coefficient (Wildman–Crippen LogP) is -3.76. The molecule has 8 heterocycles. The number of aliphatic carboxylic acids is 1. The maximum atomic E-state index is 16.5.